The maximum atomic E-state index is 5.30. The lowest BCUT2D eigenvalue weighted by Gasteiger charge is -2.44. The van der Waals surface area contributed by atoms with Crippen molar-refractivity contribution in [1.82, 2.24) is 9.97 Å². The molecule has 2 aliphatic rings. The topological polar surface area (TPSA) is 32.3 Å². The Morgan fingerprint density at radius 3 is 1.27 bits per heavy atom. The summed E-state index contributed by atoms with van der Waals surface area (Å²) in [6, 6.07) is 66.7. The number of aromatic nitrogens is 2. The largest absolute Gasteiger partial charge is 0.311 e. The molecule has 8 aromatic rings. The molecule has 0 aliphatic carbocycles. The van der Waals surface area contributed by atoms with Crippen LogP contribution in [0.25, 0.3) is 33.9 Å². The van der Waals surface area contributed by atoms with Gasteiger partial charge in [0.1, 0.15) is 0 Å². The van der Waals surface area contributed by atoms with Crippen LogP contribution in [0.5, 0.6) is 0 Å². The lowest BCUT2D eigenvalue weighted by atomic mass is 9.33. The molecule has 4 nitrogen and oxygen atoms in total. The Morgan fingerprint density at radius 2 is 0.765 bits per heavy atom. The summed E-state index contributed by atoms with van der Waals surface area (Å²) in [6.07, 6.45) is 0. The molecule has 0 saturated heterocycles. The van der Waals surface area contributed by atoms with E-state index in [2.05, 4.69) is 174 Å². The summed E-state index contributed by atoms with van der Waals surface area (Å²) >= 11 is 0. The van der Waals surface area contributed by atoms with Gasteiger partial charge in [0.2, 0.25) is 0 Å². The SMILES string of the molecule is c1ccc(-c2cc(-c3cc4c5c(c3)N(c3ccccc3)c3ccccc3B5c3ccccc3N4c3ccccc3)nc(-c3ccccc3)n2)cc1. The Bertz CT molecular complexity index is 2370. The number of hydrogen-bond acceptors (Lipinski definition) is 4. The zero-order chi connectivity index (χ0) is 33.7. The van der Waals surface area contributed by atoms with Crippen LogP contribution in [-0.4, -0.2) is 16.7 Å². The molecule has 2 aliphatic heterocycles. The third-order valence-electron chi connectivity index (χ3n) is 10.0. The molecule has 0 amide bonds. The first kappa shape index (κ1) is 29.2. The Morgan fingerprint density at radius 1 is 0.353 bits per heavy atom. The highest BCUT2D eigenvalue weighted by Gasteiger charge is 2.43. The molecule has 3 heterocycles. The summed E-state index contributed by atoms with van der Waals surface area (Å²) in [5, 5.41) is 0. The zero-order valence-electron chi connectivity index (χ0n) is 27.8. The van der Waals surface area contributed by atoms with Crippen LogP contribution in [0, 0.1) is 0 Å². The molecule has 0 unspecified atom stereocenters. The van der Waals surface area contributed by atoms with Crippen LogP contribution in [0.1, 0.15) is 0 Å². The van der Waals surface area contributed by atoms with Gasteiger partial charge in [-0.1, -0.05) is 133 Å². The van der Waals surface area contributed by atoms with Gasteiger partial charge in [-0.3, -0.25) is 0 Å². The highest BCUT2D eigenvalue weighted by Crippen LogP contribution is 2.45. The molecule has 0 spiro atoms. The molecule has 7 aromatic carbocycles. The van der Waals surface area contributed by atoms with Crippen LogP contribution in [-0.2, 0) is 0 Å². The first-order valence-corrected chi connectivity index (χ1v) is 17.4. The van der Waals surface area contributed by atoms with Crippen molar-refractivity contribution in [3.05, 3.63) is 188 Å². The van der Waals surface area contributed by atoms with E-state index in [0.29, 0.717) is 5.82 Å². The number of anilines is 6. The average Bonchev–Trinajstić information content (AvgIpc) is 3.21. The van der Waals surface area contributed by atoms with Crippen LogP contribution in [0.2, 0.25) is 0 Å². The first-order valence-electron chi connectivity index (χ1n) is 17.4. The van der Waals surface area contributed by atoms with Gasteiger partial charge in [0.05, 0.1) is 11.4 Å². The molecular weight excluding hydrogens is 619 g/mol. The van der Waals surface area contributed by atoms with E-state index in [1.165, 1.54) is 27.8 Å². The maximum Gasteiger partial charge on any atom is 0.252 e. The van der Waals surface area contributed by atoms with Gasteiger partial charge in [0, 0.05) is 50.8 Å². The molecule has 1 aromatic heterocycles. The van der Waals surface area contributed by atoms with Crippen molar-refractivity contribution >= 4 is 57.2 Å². The number of benzene rings is 7. The van der Waals surface area contributed by atoms with Crippen LogP contribution in [0.15, 0.2) is 188 Å². The van der Waals surface area contributed by atoms with E-state index in [9.17, 15) is 0 Å². The molecule has 0 bridgehead atoms. The lowest BCUT2D eigenvalue weighted by Crippen LogP contribution is -2.61. The van der Waals surface area contributed by atoms with E-state index < -0.39 is 0 Å². The molecular formula is C46H31BN4. The second-order valence-electron chi connectivity index (χ2n) is 13.0. The molecule has 238 valence electrons. The number of rotatable bonds is 5. The Hall–Kier alpha value is -6.72. The molecule has 5 heteroatoms. The molecule has 51 heavy (non-hydrogen) atoms. The van der Waals surface area contributed by atoms with E-state index in [1.54, 1.807) is 0 Å². The lowest BCUT2D eigenvalue weighted by molar-refractivity contribution is 1.18. The second kappa shape index (κ2) is 12.0. The molecule has 10 rings (SSSR count). The number of hydrogen-bond donors (Lipinski definition) is 0. The van der Waals surface area contributed by atoms with Crippen molar-refractivity contribution in [2.24, 2.45) is 0 Å². The van der Waals surface area contributed by atoms with Crippen LogP contribution >= 0.6 is 0 Å². The molecule has 0 N–H and O–H groups in total. The minimum Gasteiger partial charge on any atom is -0.311 e. The highest BCUT2D eigenvalue weighted by molar-refractivity contribution is 7.00. The molecule has 0 fully saturated rings. The summed E-state index contributed by atoms with van der Waals surface area (Å²) in [6.45, 7) is 0.0570. The number of para-hydroxylation sites is 4. The Labute approximate surface area is 298 Å². The quantitative estimate of drug-likeness (QED) is 0.174. The number of fused-ring (bicyclic) bond motifs is 4. The van der Waals surface area contributed by atoms with Gasteiger partial charge in [-0.15, -0.1) is 0 Å². The third kappa shape index (κ3) is 4.85. The van der Waals surface area contributed by atoms with Gasteiger partial charge in [-0.05, 0) is 71.0 Å². The molecule has 0 radical (unpaired) electrons. The summed E-state index contributed by atoms with van der Waals surface area (Å²) in [5.41, 5.74) is 15.6. The van der Waals surface area contributed by atoms with Gasteiger partial charge in [-0.25, -0.2) is 9.97 Å². The van der Waals surface area contributed by atoms with Gasteiger partial charge >= 0.3 is 0 Å². The minimum atomic E-state index is 0.0570. The van der Waals surface area contributed by atoms with Crippen LogP contribution in [0.4, 0.5) is 34.1 Å². The highest BCUT2D eigenvalue weighted by atomic mass is 15.2. The maximum absolute atomic E-state index is 5.30. The van der Waals surface area contributed by atoms with E-state index in [1.807, 2.05) is 24.3 Å². The monoisotopic (exact) mass is 650 g/mol. The van der Waals surface area contributed by atoms with Crippen molar-refractivity contribution in [2.75, 3.05) is 9.80 Å². The predicted molar refractivity (Wildman–Crippen MR) is 212 cm³/mol. The van der Waals surface area contributed by atoms with Crippen molar-refractivity contribution in [2.45, 2.75) is 0 Å². The Kier molecular flexibility index (Phi) is 6.88. The zero-order valence-corrected chi connectivity index (χ0v) is 27.8. The summed E-state index contributed by atoms with van der Waals surface area (Å²) in [5.74, 6) is 0.701. The van der Waals surface area contributed by atoms with E-state index >= 15 is 0 Å². The summed E-state index contributed by atoms with van der Waals surface area (Å²) < 4.78 is 0. The average molecular weight is 651 g/mol. The predicted octanol–water partition coefficient (Wildman–Crippen LogP) is 9.56. The first-order chi connectivity index (χ1) is 25.3. The third-order valence-corrected chi connectivity index (χ3v) is 10.0. The summed E-state index contributed by atoms with van der Waals surface area (Å²) in [4.78, 5) is 15.3. The molecule has 0 saturated carbocycles. The van der Waals surface area contributed by atoms with Gasteiger partial charge < -0.3 is 9.80 Å². The Balaban J connectivity index is 1.30. The van der Waals surface area contributed by atoms with Crippen LogP contribution < -0.4 is 26.2 Å². The van der Waals surface area contributed by atoms with Gasteiger partial charge in [0.25, 0.3) is 6.71 Å². The fourth-order valence-electron chi connectivity index (χ4n) is 7.82. The van der Waals surface area contributed by atoms with E-state index in [0.717, 1.165) is 50.8 Å². The standard InChI is InChI=1S/C46H31BN4/c1-5-17-32(18-6-1)39-31-40(49-46(48-39)33-19-7-2-8-20-33)34-29-43-45-44(30-34)51(36-23-11-4-12-24-36)42-28-16-14-26-38(42)47(45)37-25-13-15-27-41(37)50(43)35-21-9-3-10-22-35/h1-31H. The van der Waals surface area contributed by atoms with Gasteiger partial charge in [-0.2, -0.15) is 0 Å². The molecule has 0 atom stereocenters. The van der Waals surface area contributed by atoms with Crippen molar-refractivity contribution in [3.63, 3.8) is 0 Å². The van der Waals surface area contributed by atoms with E-state index in [4.69, 9.17) is 9.97 Å². The smallest absolute Gasteiger partial charge is 0.252 e. The van der Waals surface area contributed by atoms with Crippen molar-refractivity contribution in [1.29, 1.82) is 0 Å². The van der Waals surface area contributed by atoms with Crippen LogP contribution in [0.3, 0.4) is 0 Å². The van der Waals surface area contributed by atoms with Crippen molar-refractivity contribution < 1.29 is 0 Å². The van der Waals surface area contributed by atoms with Gasteiger partial charge in [0.15, 0.2) is 5.82 Å². The normalized spacial score (nSPS) is 12.6. The minimum absolute atomic E-state index is 0.0570. The fraction of sp³-hybridized carbons (Fsp3) is 0. The van der Waals surface area contributed by atoms with Crippen molar-refractivity contribution in [3.8, 4) is 33.9 Å². The van der Waals surface area contributed by atoms with E-state index in [-0.39, 0.29) is 6.71 Å². The fourth-order valence-corrected chi connectivity index (χ4v) is 7.82. The summed E-state index contributed by atoms with van der Waals surface area (Å²) in [7, 11) is 0. The second-order valence-corrected chi connectivity index (χ2v) is 13.0. The number of nitrogens with zero attached hydrogens (tertiary/aromatic N) is 4.